The van der Waals surface area contributed by atoms with Gasteiger partial charge >= 0.3 is 6.09 Å². The molecule has 3 rings (SSSR count). The third-order valence-electron chi connectivity index (χ3n) is 6.63. The number of benzene rings is 1. The molecule has 9 nitrogen and oxygen atoms in total. The molecule has 0 N–H and O–H groups in total. The number of amides is 2. The van der Waals surface area contributed by atoms with Crippen LogP contribution in [-0.2, 0) is 9.47 Å². The van der Waals surface area contributed by atoms with Crippen molar-refractivity contribution in [1.29, 1.82) is 0 Å². The van der Waals surface area contributed by atoms with Crippen LogP contribution in [0.15, 0.2) is 77.8 Å². The Morgan fingerprint density at radius 2 is 1.95 bits per heavy atom. The zero-order valence-corrected chi connectivity index (χ0v) is 26.6. The van der Waals surface area contributed by atoms with Crippen LogP contribution in [0.25, 0.3) is 0 Å². The Kier molecular flexibility index (Phi) is 11.8. The normalized spacial score (nSPS) is 15.2. The molecule has 1 aliphatic rings. The lowest BCUT2D eigenvalue weighted by molar-refractivity contribution is 0.0220. The molecule has 0 saturated heterocycles. The summed E-state index contributed by atoms with van der Waals surface area (Å²) < 4.78 is 11.9. The summed E-state index contributed by atoms with van der Waals surface area (Å²) in [5.74, 6) is 0.504. The van der Waals surface area contributed by atoms with Gasteiger partial charge in [0, 0.05) is 45.6 Å². The number of ether oxygens (including phenoxy) is 2. The zero-order valence-electron chi connectivity index (χ0n) is 25.8. The van der Waals surface area contributed by atoms with E-state index in [4.69, 9.17) is 9.47 Å². The van der Waals surface area contributed by atoms with Gasteiger partial charge in [-0.1, -0.05) is 60.8 Å². The van der Waals surface area contributed by atoms with Gasteiger partial charge in [-0.3, -0.25) is 4.79 Å². The Balaban J connectivity index is 1.76. The second-order valence-electron chi connectivity index (χ2n) is 11.1. The van der Waals surface area contributed by atoms with Crippen LogP contribution in [0.2, 0.25) is 0 Å². The van der Waals surface area contributed by atoms with E-state index in [1.165, 1.54) is 11.8 Å². The van der Waals surface area contributed by atoms with Crippen molar-refractivity contribution in [3.63, 3.8) is 0 Å². The molecule has 0 bridgehead atoms. The van der Waals surface area contributed by atoms with Crippen molar-refractivity contribution in [2.24, 2.45) is 0 Å². The number of aromatic nitrogens is 2. The highest BCUT2D eigenvalue weighted by molar-refractivity contribution is 7.98. The van der Waals surface area contributed by atoms with E-state index < -0.39 is 5.60 Å². The fourth-order valence-corrected chi connectivity index (χ4v) is 4.76. The monoisotopic (exact) mass is 593 g/mol. The average molecular weight is 594 g/mol. The number of likely N-dealkylation sites (N-methyl/N-ethyl adjacent to an activating group) is 1. The van der Waals surface area contributed by atoms with Gasteiger partial charge in [0.2, 0.25) is 0 Å². The minimum atomic E-state index is -0.563. The third kappa shape index (κ3) is 9.19. The van der Waals surface area contributed by atoms with Crippen LogP contribution in [0.5, 0.6) is 0 Å². The van der Waals surface area contributed by atoms with Gasteiger partial charge in [-0.25, -0.2) is 14.8 Å². The first kappa shape index (κ1) is 32.9. The molecule has 226 valence electrons. The quantitative estimate of drug-likeness (QED) is 0.175. The van der Waals surface area contributed by atoms with Crippen LogP contribution in [0.1, 0.15) is 56.1 Å². The molecule has 0 radical (unpaired) electrons. The van der Waals surface area contributed by atoms with E-state index >= 15 is 0 Å². The molecule has 1 unspecified atom stereocenters. The lowest BCUT2D eigenvalue weighted by Gasteiger charge is -2.26. The first-order valence-electron chi connectivity index (χ1n) is 14.0. The number of allylic oxidation sites excluding steroid dienone is 3. The van der Waals surface area contributed by atoms with Crippen LogP contribution >= 0.6 is 11.8 Å². The molecule has 42 heavy (non-hydrogen) atoms. The fraction of sp³-hybridized carbons (Fsp3) is 0.438. The second-order valence-corrected chi connectivity index (χ2v) is 11.9. The Bertz CT molecular complexity index is 1310. The summed E-state index contributed by atoms with van der Waals surface area (Å²) in [7, 11) is 3.67. The van der Waals surface area contributed by atoms with E-state index in [0.717, 1.165) is 16.8 Å². The number of fused-ring (bicyclic) bond motifs is 1. The van der Waals surface area contributed by atoms with E-state index in [-0.39, 0.29) is 24.7 Å². The first-order chi connectivity index (χ1) is 19.9. The van der Waals surface area contributed by atoms with Crippen molar-refractivity contribution in [2.75, 3.05) is 51.5 Å². The van der Waals surface area contributed by atoms with Gasteiger partial charge < -0.3 is 24.2 Å². The lowest BCUT2D eigenvalue weighted by Crippen LogP contribution is -2.35. The second kappa shape index (κ2) is 15.0. The van der Waals surface area contributed by atoms with Crippen LogP contribution in [0.4, 0.5) is 10.6 Å². The summed E-state index contributed by atoms with van der Waals surface area (Å²) in [5.41, 5.74) is 2.58. The summed E-state index contributed by atoms with van der Waals surface area (Å²) in [4.78, 5) is 40.3. The molecular weight excluding hydrogens is 550 g/mol. The number of rotatable bonds is 11. The molecule has 2 aromatic rings. The number of anilines is 1. The van der Waals surface area contributed by atoms with Gasteiger partial charge in [0.1, 0.15) is 17.0 Å². The fourth-order valence-electron chi connectivity index (χ4n) is 4.43. The van der Waals surface area contributed by atoms with Crippen molar-refractivity contribution in [3.8, 4) is 0 Å². The number of nitrogens with zero attached hydrogens (tertiary/aromatic N) is 5. The van der Waals surface area contributed by atoms with Gasteiger partial charge in [-0.15, -0.1) is 0 Å². The van der Waals surface area contributed by atoms with Crippen LogP contribution in [0.3, 0.4) is 0 Å². The lowest BCUT2D eigenvalue weighted by atomic mass is 10.1. The number of carbonyl (C=O) groups is 2. The number of hydrogen-bond donors (Lipinski definition) is 0. The zero-order chi connectivity index (χ0) is 30.9. The summed E-state index contributed by atoms with van der Waals surface area (Å²) in [6.07, 6.45) is 9.02. The van der Waals surface area contributed by atoms with Crippen molar-refractivity contribution in [3.05, 3.63) is 83.7 Å². The van der Waals surface area contributed by atoms with Crippen LogP contribution in [-0.4, -0.2) is 84.0 Å². The van der Waals surface area contributed by atoms with E-state index in [1.54, 1.807) is 29.1 Å². The summed E-state index contributed by atoms with van der Waals surface area (Å²) >= 11 is 1.45. The van der Waals surface area contributed by atoms with E-state index in [0.29, 0.717) is 42.6 Å². The molecule has 2 heterocycles. The van der Waals surface area contributed by atoms with Crippen LogP contribution < -0.4 is 4.90 Å². The van der Waals surface area contributed by atoms with Gasteiger partial charge in [0.25, 0.3) is 5.91 Å². The van der Waals surface area contributed by atoms with Gasteiger partial charge in [-0.05, 0) is 57.6 Å². The summed E-state index contributed by atoms with van der Waals surface area (Å²) in [6, 6.07) is 9.94. The maximum atomic E-state index is 13.6. The van der Waals surface area contributed by atoms with Crippen molar-refractivity contribution in [2.45, 2.75) is 51.0 Å². The first-order valence-corrected chi connectivity index (χ1v) is 15.2. The molecule has 0 spiro atoms. The third-order valence-corrected chi connectivity index (χ3v) is 7.19. The molecule has 10 heteroatoms. The van der Waals surface area contributed by atoms with Gasteiger partial charge in [-0.2, -0.15) is 0 Å². The highest BCUT2D eigenvalue weighted by Crippen LogP contribution is 2.27. The van der Waals surface area contributed by atoms with Crippen molar-refractivity contribution in [1.82, 2.24) is 19.8 Å². The smallest absolute Gasteiger partial charge is 0.410 e. The molecule has 1 aliphatic heterocycles. The maximum Gasteiger partial charge on any atom is 0.410 e. The Morgan fingerprint density at radius 3 is 2.60 bits per heavy atom. The molecule has 1 aromatic carbocycles. The minimum Gasteiger partial charge on any atom is -0.444 e. The predicted octanol–water partition coefficient (Wildman–Crippen LogP) is 6.12. The number of thioether (sulfide) groups is 1. The van der Waals surface area contributed by atoms with Gasteiger partial charge in [0.15, 0.2) is 5.16 Å². The van der Waals surface area contributed by atoms with Crippen molar-refractivity contribution >= 4 is 29.6 Å². The minimum absolute atomic E-state index is 0.137. The molecule has 0 saturated carbocycles. The summed E-state index contributed by atoms with van der Waals surface area (Å²) in [6.45, 7) is 13.2. The Hall–Kier alpha value is -3.63. The predicted molar refractivity (Wildman–Crippen MR) is 169 cm³/mol. The van der Waals surface area contributed by atoms with E-state index in [9.17, 15) is 9.59 Å². The molecule has 1 atom stereocenters. The van der Waals surface area contributed by atoms with E-state index in [2.05, 4.69) is 16.5 Å². The number of carbonyl (C=O) groups excluding carboxylic acids is 2. The van der Waals surface area contributed by atoms with Crippen molar-refractivity contribution < 1.29 is 19.1 Å². The standard InChI is InChI=1S/C32H43N5O4S/c1-9-13-24(20-23(2)37-19-18-35(6)28-26(29(37)38)21-33-30(34-28)42-8)22-40-27(25-14-11-10-12-15-25)16-17-36(7)31(39)41-32(3,4)5/h9-15,20-21,27H,1,16-19,22H2,2-8H3/b23-20+,24-13+. The molecule has 2 amide bonds. The SMILES string of the molecule is C=C/C=C(\C=C(/C)N1CCN(C)c2nc(SC)ncc2C1=O)COC(CCN(C)C(=O)OC(C)(C)C)c1ccccc1. The highest BCUT2D eigenvalue weighted by atomic mass is 32.2. The Morgan fingerprint density at radius 1 is 1.24 bits per heavy atom. The van der Waals surface area contributed by atoms with Crippen LogP contribution in [0, 0.1) is 0 Å². The largest absolute Gasteiger partial charge is 0.444 e. The molecule has 0 aliphatic carbocycles. The summed E-state index contributed by atoms with van der Waals surface area (Å²) in [5, 5.41) is 0.632. The number of hydrogen-bond acceptors (Lipinski definition) is 8. The molecule has 0 fully saturated rings. The molecular formula is C32H43N5O4S. The highest BCUT2D eigenvalue weighted by Gasteiger charge is 2.28. The van der Waals surface area contributed by atoms with E-state index in [1.807, 2.05) is 88.4 Å². The maximum absolute atomic E-state index is 13.6. The Labute approximate surface area is 254 Å². The molecule has 1 aromatic heterocycles. The topological polar surface area (TPSA) is 88.1 Å². The van der Waals surface area contributed by atoms with Gasteiger partial charge in [0.05, 0.1) is 12.7 Å². The average Bonchev–Trinajstić information content (AvgIpc) is 3.07.